The van der Waals surface area contributed by atoms with Gasteiger partial charge < -0.3 is 40.2 Å². The first kappa shape index (κ1) is 33.0. The van der Waals surface area contributed by atoms with Crippen LogP contribution in [0.25, 0.3) is 0 Å². The quantitative estimate of drug-likeness (QED) is 0.0915. The number of benzene rings is 4. The van der Waals surface area contributed by atoms with E-state index in [1.807, 2.05) is 0 Å². The smallest absolute Gasteiger partial charge is 0.423 e. The Kier molecular flexibility index (Phi) is 11.1. The molecule has 0 fully saturated rings. The van der Waals surface area contributed by atoms with Crippen molar-refractivity contribution in [1.82, 2.24) is 0 Å². The van der Waals surface area contributed by atoms with Crippen LogP contribution in [-0.4, -0.2) is 68.7 Å². The predicted molar refractivity (Wildman–Crippen MR) is 175 cm³/mol. The predicted octanol–water partition coefficient (Wildman–Crippen LogP) is -3.10. The van der Waals surface area contributed by atoms with Crippen molar-refractivity contribution in [3.63, 3.8) is 0 Å². The molecule has 0 aromatic heterocycles. The van der Waals surface area contributed by atoms with Crippen molar-refractivity contribution in [2.75, 3.05) is 0 Å². The maximum atomic E-state index is 9.43. The Labute approximate surface area is 262 Å². The molecule has 0 saturated carbocycles. The fraction of sp³-hybridized carbons (Fsp3) is 0.0303. The SMILES string of the molecule is OB(O)c1ccc(C#CC(C#Cc2ccc(B(O)O)cc2)(C#Cc2ccc(B(O)O)cc2)C#Cc2ccc(B(O)O)cc2)cc1. The van der Waals surface area contributed by atoms with E-state index in [9.17, 15) is 40.2 Å². The van der Waals surface area contributed by atoms with Gasteiger partial charge in [-0.05, 0) is 70.4 Å². The lowest BCUT2D eigenvalue weighted by Gasteiger charge is -2.08. The Morgan fingerprint density at radius 1 is 0.311 bits per heavy atom. The van der Waals surface area contributed by atoms with Gasteiger partial charge in [0, 0.05) is 22.3 Å². The first-order valence-corrected chi connectivity index (χ1v) is 13.5. The number of hydrogen-bond donors (Lipinski definition) is 8. The largest absolute Gasteiger partial charge is 0.488 e. The van der Waals surface area contributed by atoms with Crippen LogP contribution >= 0.6 is 0 Å². The monoisotopic (exact) mass is 592 g/mol. The lowest BCUT2D eigenvalue weighted by atomic mass is 9.80. The van der Waals surface area contributed by atoms with Gasteiger partial charge in [-0.3, -0.25) is 0 Å². The Morgan fingerprint density at radius 3 is 0.644 bits per heavy atom. The third-order valence-electron chi connectivity index (χ3n) is 6.41. The van der Waals surface area contributed by atoms with Crippen molar-refractivity contribution >= 4 is 50.3 Å². The van der Waals surface area contributed by atoms with E-state index >= 15 is 0 Å². The normalized spacial score (nSPS) is 9.96. The van der Waals surface area contributed by atoms with Crippen LogP contribution in [0.4, 0.5) is 0 Å². The van der Waals surface area contributed by atoms with Gasteiger partial charge in [-0.1, -0.05) is 95.9 Å². The van der Waals surface area contributed by atoms with Crippen molar-refractivity contribution in [1.29, 1.82) is 0 Å². The zero-order valence-corrected chi connectivity index (χ0v) is 23.6. The zero-order valence-electron chi connectivity index (χ0n) is 23.6. The maximum Gasteiger partial charge on any atom is 0.488 e. The summed E-state index contributed by atoms with van der Waals surface area (Å²) in [4.78, 5) is 0. The molecule has 4 aromatic rings. The second-order valence-electron chi connectivity index (χ2n) is 9.73. The summed E-state index contributed by atoms with van der Waals surface area (Å²) in [5.41, 5.74) is 1.68. The summed E-state index contributed by atoms with van der Waals surface area (Å²) in [7, 11) is -6.54. The Bertz CT molecular complexity index is 1580. The Morgan fingerprint density at radius 2 is 0.489 bits per heavy atom. The molecule has 8 N–H and O–H groups in total. The Balaban J connectivity index is 1.88. The van der Waals surface area contributed by atoms with Gasteiger partial charge in [0.15, 0.2) is 0 Å². The van der Waals surface area contributed by atoms with E-state index < -0.39 is 33.9 Å². The van der Waals surface area contributed by atoms with E-state index in [2.05, 4.69) is 47.4 Å². The summed E-state index contributed by atoms with van der Waals surface area (Å²) < 4.78 is 0. The molecule has 8 nitrogen and oxygen atoms in total. The van der Waals surface area contributed by atoms with Crippen LogP contribution in [-0.2, 0) is 0 Å². The molecule has 0 saturated heterocycles. The van der Waals surface area contributed by atoms with Crippen molar-refractivity contribution < 1.29 is 40.2 Å². The van der Waals surface area contributed by atoms with Crippen molar-refractivity contribution in [3.05, 3.63) is 119 Å². The second-order valence-corrected chi connectivity index (χ2v) is 9.73. The van der Waals surface area contributed by atoms with E-state index in [-0.39, 0.29) is 21.9 Å². The molecular formula is C33H24B4O8. The molecule has 0 radical (unpaired) electrons. The average Bonchev–Trinajstić information content (AvgIpc) is 3.04. The van der Waals surface area contributed by atoms with Crippen LogP contribution in [0.1, 0.15) is 22.3 Å². The summed E-state index contributed by atoms with van der Waals surface area (Å²) >= 11 is 0. The highest BCUT2D eigenvalue weighted by Gasteiger charge is 2.21. The molecule has 0 atom stereocenters. The van der Waals surface area contributed by atoms with E-state index in [1.54, 1.807) is 48.5 Å². The highest BCUT2D eigenvalue weighted by molar-refractivity contribution is 6.59. The molecule has 0 aliphatic heterocycles. The number of rotatable bonds is 4. The average molecular weight is 592 g/mol. The summed E-state index contributed by atoms with van der Waals surface area (Å²) in [6.45, 7) is 0. The molecule has 0 unspecified atom stereocenters. The van der Waals surface area contributed by atoms with Gasteiger partial charge in [-0.15, -0.1) is 0 Å². The zero-order chi connectivity index (χ0) is 32.4. The maximum absolute atomic E-state index is 9.43. The van der Waals surface area contributed by atoms with E-state index in [0.29, 0.717) is 22.3 Å². The van der Waals surface area contributed by atoms with E-state index in [4.69, 9.17) is 0 Å². The molecule has 0 bridgehead atoms. The first-order valence-electron chi connectivity index (χ1n) is 13.5. The van der Waals surface area contributed by atoms with Gasteiger partial charge >= 0.3 is 28.5 Å². The number of hydrogen-bond acceptors (Lipinski definition) is 8. The van der Waals surface area contributed by atoms with Crippen LogP contribution < -0.4 is 21.9 Å². The van der Waals surface area contributed by atoms with Gasteiger partial charge in [-0.25, -0.2) is 0 Å². The van der Waals surface area contributed by atoms with Crippen LogP contribution in [0.15, 0.2) is 97.1 Å². The summed E-state index contributed by atoms with van der Waals surface area (Å²) in [5.74, 6) is 24.3. The van der Waals surface area contributed by atoms with Gasteiger partial charge in [0.1, 0.15) is 0 Å². The van der Waals surface area contributed by atoms with Crippen LogP contribution in [0, 0.1) is 52.8 Å². The van der Waals surface area contributed by atoms with Crippen LogP contribution in [0.2, 0.25) is 0 Å². The lowest BCUT2D eigenvalue weighted by molar-refractivity contribution is 0.424. The van der Waals surface area contributed by atoms with Crippen molar-refractivity contribution in [3.8, 4) is 47.4 Å². The third-order valence-corrected chi connectivity index (χ3v) is 6.41. The third kappa shape index (κ3) is 9.52. The molecule has 12 heteroatoms. The fourth-order valence-corrected chi connectivity index (χ4v) is 3.81. The summed E-state index contributed by atoms with van der Waals surface area (Å²) in [5, 5.41) is 75.5. The van der Waals surface area contributed by atoms with Gasteiger partial charge in [0.25, 0.3) is 0 Å². The van der Waals surface area contributed by atoms with E-state index in [1.165, 1.54) is 48.5 Å². The first-order chi connectivity index (χ1) is 21.5. The fourth-order valence-electron chi connectivity index (χ4n) is 3.81. The minimum atomic E-state index is -1.64. The molecule has 0 spiro atoms. The topological polar surface area (TPSA) is 162 Å². The van der Waals surface area contributed by atoms with Crippen molar-refractivity contribution in [2.45, 2.75) is 0 Å². The van der Waals surface area contributed by atoms with E-state index in [0.717, 1.165) is 0 Å². The van der Waals surface area contributed by atoms with Crippen LogP contribution in [0.5, 0.6) is 0 Å². The molecule has 4 aromatic carbocycles. The second kappa shape index (κ2) is 15.2. The molecule has 0 amide bonds. The molecule has 0 aliphatic rings. The highest BCUT2D eigenvalue weighted by atomic mass is 16.4. The molecule has 0 aliphatic carbocycles. The Hall–Kier alpha value is -4.94. The van der Waals surface area contributed by atoms with Crippen molar-refractivity contribution in [2.24, 2.45) is 5.41 Å². The molecular weight excluding hydrogens is 568 g/mol. The molecule has 4 rings (SSSR count). The molecule has 216 valence electrons. The summed E-state index contributed by atoms with van der Waals surface area (Å²) in [6, 6.07) is 25.0. The van der Waals surface area contributed by atoms with Gasteiger partial charge in [-0.2, -0.15) is 0 Å². The standard InChI is InChI=1S/C33H24B4O8/c38-34(39)29-9-1-25(2-10-29)17-21-33(22-18-26-3-11-30(12-4-26)35(40)41,23-19-27-5-13-31(14-6-27)36(42)43)24-20-28-7-15-32(16-8-28)37(44)45/h1-16,38-45H. The molecule has 45 heavy (non-hydrogen) atoms. The van der Waals surface area contributed by atoms with Gasteiger partial charge in [0.2, 0.25) is 5.41 Å². The minimum absolute atomic E-state index is 0.288. The molecule has 0 heterocycles. The summed E-state index contributed by atoms with van der Waals surface area (Å²) in [6.07, 6.45) is 0. The minimum Gasteiger partial charge on any atom is -0.423 e. The lowest BCUT2D eigenvalue weighted by Crippen LogP contribution is -2.29. The highest BCUT2D eigenvalue weighted by Crippen LogP contribution is 2.16. The van der Waals surface area contributed by atoms with Crippen LogP contribution in [0.3, 0.4) is 0 Å². The van der Waals surface area contributed by atoms with Gasteiger partial charge in [0.05, 0.1) is 0 Å².